The second-order valence-electron chi connectivity index (χ2n) is 5.54. The maximum Gasteiger partial charge on any atom is 0.236 e. The van der Waals surface area contributed by atoms with Crippen LogP contribution in [0.1, 0.15) is 12.8 Å². The van der Waals surface area contributed by atoms with E-state index in [1.165, 1.54) is 4.90 Å². The normalized spacial score (nSPS) is 31.2. The highest BCUT2D eigenvalue weighted by Crippen LogP contribution is 2.16. The number of hydrogen-bond acceptors (Lipinski definition) is 6. The first-order valence-corrected chi connectivity index (χ1v) is 10.2. The molecule has 2 rings (SSSR count). The fourth-order valence-corrected chi connectivity index (χ4v) is 6.08. The first kappa shape index (κ1) is 15.7. The van der Waals surface area contributed by atoms with Gasteiger partial charge in [-0.25, -0.2) is 16.8 Å². The van der Waals surface area contributed by atoms with Crippen LogP contribution in [0.3, 0.4) is 0 Å². The zero-order chi connectivity index (χ0) is 15.0. The second kappa shape index (κ2) is 5.61. The molecule has 0 aromatic heterocycles. The number of hydrogen-bond donors (Lipinski definition) is 1. The number of carbonyl (C=O) groups is 1. The van der Waals surface area contributed by atoms with Crippen molar-refractivity contribution in [2.24, 2.45) is 0 Å². The molecule has 2 heterocycles. The molecule has 2 saturated heterocycles. The predicted molar refractivity (Wildman–Crippen MR) is 74.9 cm³/mol. The van der Waals surface area contributed by atoms with E-state index in [0.29, 0.717) is 12.8 Å². The molecule has 7 nitrogen and oxygen atoms in total. The highest BCUT2D eigenvalue weighted by Gasteiger charge is 2.33. The molecule has 0 unspecified atom stereocenters. The quantitative estimate of drug-likeness (QED) is 0.669. The molecule has 0 bridgehead atoms. The SMILES string of the molecule is CN(C(=O)CN[C@H]1CCS(=O)(=O)C1)[C@@H]1CCS(=O)(=O)C1. The molecule has 0 aliphatic carbocycles. The number of likely N-dealkylation sites (N-methyl/N-ethyl adjacent to an activating group) is 1. The van der Waals surface area contributed by atoms with Gasteiger partial charge < -0.3 is 10.2 Å². The van der Waals surface area contributed by atoms with Gasteiger partial charge in [0, 0.05) is 19.1 Å². The van der Waals surface area contributed by atoms with Gasteiger partial charge in [-0.3, -0.25) is 4.79 Å². The summed E-state index contributed by atoms with van der Waals surface area (Å²) in [6.45, 7) is 0.0488. The van der Waals surface area contributed by atoms with Gasteiger partial charge in [-0.1, -0.05) is 0 Å². The van der Waals surface area contributed by atoms with E-state index < -0.39 is 19.7 Å². The Hall–Kier alpha value is -0.670. The van der Waals surface area contributed by atoms with Crippen molar-refractivity contribution in [3.05, 3.63) is 0 Å². The molecular weight excluding hydrogens is 304 g/mol. The van der Waals surface area contributed by atoms with Gasteiger partial charge in [0.15, 0.2) is 19.7 Å². The average molecular weight is 324 g/mol. The first-order valence-electron chi connectivity index (χ1n) is 6.58. The van der Waals surface area contributed by atoms with Gasteiger partial charge in [-0.2, -0.15) is 0 Å². The third-order valence-corrected chi connectivity index (χ3v) is 7.44. The van der Waals surface area contributed by atoms with Crippen molar-refractivity contribution in [3.63, 3.8) is 0 Å². The summed E-state index contributed by atoms with van der Waals surface area (Å²) in [6.07, 6.45) is 1.000. The lowest BCUT2D eigenvalue weighted by Gasteiger charge is -2.24. The summed E-state index contributed by atoms with van der Waals surface area (Å²) in [5, 5.41) is 2.94. The van der Waals surface area contributed by atoms with Gasteiger partial charge >= 0.3 is 0 Å². The summed E-state index contributed by atoms with van der Waals surface area (Å²) in [7, 11) is -4.38. The molecule has 0 radical (unpaired) electrons. The van der Waals surface area contributed by atoms with E-state index in [0.717, 1.165) is 0 Å². The Morgan fingerprint density at radius 2 is 1.70 bits per heavy atom. The molecule has 2 fully saturated rings. The van der Waals surface area contributed by atoms with Gasteiger partial charge in [-0.05, 0) is 12.8 Å². The third kappa shape index (κ3) is 3.92. The molecule has 1 amide bonds. The highest BCUT2D eigenvalue weighted by molar-refractivity contribution is 7.91. The Morgan fingerprint density at radius 3 is 2.20 bits per heavy atom. The van der Waals surface area contributed by atoms with Crippen LogP contribution in [-0.4, -0.2) is 76.3 Å². The number of carbonyl (C=O) groups excluding carboxylic acids is 1. The molecule has 0 aromatic rings. The lowest BCUT2D eigenvalue weighted by Crippen LogP contribution is -2.45. The Labute approximate surface area is 119 Å². The van der Waals surface area contributed by atoms with Gasteiger partial charge in [0.2, 0.25) is 5.91 Å². The van der Waals surface area contributed by atoms with E-state index in [2.05, 4.69) is 5.32 Å². The molecule has 9 heteroatoms. The van der Waals surface area contributed by atoms with Crippen molar-refractivity contribution in [2.75, 3.05) is 36.6 Å². The standard InChI is InChI=1S/C11H20N2O5S2/c1-13(10-3-5-20(17,18)8-10)11(14)6-12-9-2-4-19(15,16)7-9/h9-10,12H,2-8H2,1H3/t9-,10+/m0/s1. The molecule has 2 aliphatic rings. The lowest BCUT2D eigenvalue weighted by molar-refractivity contribution is -0.130. The zero-order valence-corrected chi connectivity index (χ0v) is 13.0. The van der Waals surface area contributed by atoms with Crippen LogP contribution in [-0.2, 0) is 24.5 Å². The number of sulfone groups is 2. The number of amides is 1. The lowest BCUT2D eigenvalue weighted by atomic mass is 10.2. The summed E-state index contributed by atoms with van der Waals surface area (Å²) in [4.78, 5) is 13.4. The fourth-order valence-electron chi connectivity index (χ4n) is 2.60. The molecule has 2 atom stereocenters. The topological polar surface area (TPSA) is 101 Å². The monoisotopic (exact) mass is 324 g/mol. The molecular formula is C11H20N2O5S2. The van der Waals surface area contributed by atoms with Crippen LogP contribution in [0.25, 0.3) is 0 Å². The van der Waals surface area contributed by atoms with Crippen LogP contribution in [0, 0.1) is 0 Å². The highest BCUT2D eigenvalue weighted by atomic mass is 32.2. The Balaban J connectivity index is 1.81. The summed E-state index contributed by atoms with van der Waals surface area (Å²) in [5.41, 5.74) is 0. The van der Waals surface area contributed by atoms with Crippen molar-refractivity contribution in [3.8, 4) is 0 Å². The van der Waals surface area contributed by atoms with Crippen LogP contribution in [0.15, 0.2) is 0 Å². The van der Waals surface area contributed by atoms with Crippen molar-refractivity contribution in [2.45, 2.75) is 24.9 Å². The van der Waals surface area contributed by atoms with Crippen molar-refractivity contribution < 1.29 is 21.6 Å². The van der Waals surface area contributed by atoms with Gasteiger partial charge in [0.05, 0.1) is 29.6 Å². The van der Waals surface area contributed by atoms with E-state index in [9.17, 15) is 21.6 Å². The number of nitrogens with zero attached hydrogens (tertiary/aromatic N) is 1. The molecule has 0 spiro atoms. The molecule has 0 saturated carbocycles. The maximum absolute atomic E-state index is 12.0. The fraction of sp³-hybridized carbons (Fsp3) is 0.909. The van der Waals surface area contributed by atoms with Gasteiger partial charge in [0.1, 0.15) is 0 Å². The number of rotatable bonds is 4. The molecule has 1 N–H and O–H groups in total. The zero-order valence-electron chi connectivity index (χ0n) is 11.4. The molecule has 0 aromatic carbocycles. The van der Waals surface area contributed by atoms with Gasteiger partial charge in [-0.15, -0.1) is 0 Å². The Morgan fingerprint density at radius 1 is 1.10 bits per heavy atom. The average Bonchev–Trinajstić information content (AvgIpc) is 2.87. The molecule has 2 aliphatic heterocycles. The van der Waals surface area contributed by atoms with Crippen LogP contribution < -0.4 is 5.32 Å². The van der Waals surface area contributed by atoms with Crippen LogP contribution in [0.2, 0.25) is 0 Å². The minimum Gasteiger partial charge on any atom is -0.341 e. The molecule has 116 valence electrons. The minimum atomic E-state index is -3.01. The van der Waals surface area contributed by atoms with E-state index in [1.807, 2.05) is 0 Å². The van der Waals surface area contributed by atoms with E-state index in [4.69, 9.17) is 0 Å². The molecule has 20 heavy (non-hydrogen) atoms. The second-order valence-corrected chi connectivity index (χ2v) is 10.00. The summed E-state index contributed by atoms with van der Waals surface area (Å²) >= 11 is 0. The Kier molecular flexibility index (Phi) is 4.41. The van der Waals surface area contributed by atoms with Crippen LogP contribution in [0.4, 0.5) is 0 Å². The predicted octanol–water partition coefficient (Wildman–Crippen LogP) is -1.59. The smallest absolute Gasteiger partial charge is 0.236 e. The van der Waals surface area contributed by atoms with Crippen molar-refractivity contribution in [1.82, 2.24) is 10.2 Å². The minimum absolute atomic E-state index is 0.0209. The largest absolute Gasteiger partial charge is 0.341 e. The van der Waals surface area contributed by atoms with Gasteiger partial charge in [0.25, 0.3) is 0 Å². The summed E-state index contributed by atoms with van der Waals surface area (Å²) in [5.74, 6) is 0.185. The van der Waals surface area contributed by atoms with E-state index in [1.54, 1.807) is 7.05 Å². The third-order valence-electron chi connectivity index (χ3n) is 3.92. The summed E-state index contributed by atoms with van der Waals surface area (Å²) < 4.78 is 45.4. The van der Waals surface area contributed by atoms with Crippen molar-refractivity contribution in [1.29, 1.82) is 0 Å². The maximum atomic E-state index is 12.0. The number of nitrogens with one attached hydrogen (secondary N) is 1. The summed E-state index contributed by atoms with van der Waals surface area (Å²) in [6, 6.07) is -0.439. The van der Waals surface area contributed by atoms with Crippen LogP contribution in [0.5, 0.6) is 0 Å². The van der Waals surface area contributed by atoms with E-state index >= 15 is 0 Å². The van der Waals surface area contributed by atoms with Crippen LogP contribution >= 0.6 is 0 Å². The van der Waals surface area contributed by atoms with Crippen molar-refractivity contribution >= 4 is 25.6 Å². The van der Waals surface area contributed by atoms with E-state index in [-0.39, 0.29) is 47.5 Å². The Bertz CT molecular complexity index is 584. The first-order chi connectivity index (χ1) is 9.19.